The smallest absolute Gasteiger partial charge is 0.111 e. The number of hydrogen-bond acceptors (Lipinski definition) is 4. The molecule has 1 aliphatic heterocycles. The zero-order valence-electron chi connectivity index (χ0n) is 25.7. The Labute approximate surface area is 256 Å². The fraction of sp³-hybridized carbons (Fsp3) is 0.833. The van der Waals surface area contributed by atoms with Crippen molar-refractivity contribution in [3.8, 4) is 0 Å². The molecule has 0 spiro atoms. The van der Waals surface area contributed by atoms with Crippen molar-refractivity contribution >= 4 is 12.4 Å². The molecule has 41 heavy (non-hydrogen) atoms. The maximum atomic E-state index is 11.1. The van der Waals surface area contributed by atoms with Gasteiger partial charge >= 0.3 is 0 Å². The summed E-state index contributed by atoms with van der Waals surface area (Å²) in [5.41, 5.74) is 1.54. The van der Waals surface area contributed by atoms with Gasteiger partial charge in [-0.05, 0) is 63.4 Å². The Balaban J connectivity index is 0.00000302. The van der Waals surface area contributed by atoms with Gasteiger partial charge in [-0.15, -0.1) is 12.4 Å². The van der Waals surface area contributed by atoms with Crippen LogP contribution in [0.15, 0.2) is 30.3 Å². The van der Waals surface area contributed by atoms with Crippen molar-refractivity contribution in [1.29, 1.82) is 0 Å². The predicted octanol–water partition coefficient (Wildman–Crippen LogP) is 7.61. The van der Waals surface area contributed by atoms with E-state index in [1.54, 1.807) is 0 Å². The quantitative estimate of drug-likeness (QED) is 0.278. The molecule has 1 saturated heterocycles. The van der Waals surface area contributed by atoms with Crippen LogP contribution < -0.4 is 5.32 Å². The van der Waals surface area contributed by atoms with Gasteiger partial charge in [0.15, 0.2) is 0 Å². The summed E-state index contributed by atoms with van der Waals surface area (Å²) in [5.74, 6) is 0.282. The second-order valence-electron chi connectivity index (χ2n) is 14.8. The van der Waals surface area contributed by atoms with E-state index < -0.39 is 0 Å². The number of rotatable bonds is 10. The molecule has 5 heteroatoms. The molecule has 1 heterocycles. The van der Waals surface area contributed by atoms with Gasteiger partial charge in [0.1, 0.15) is 5.66 Å². The van der Waals surface area contributed by atoms with Gasteiger partial charge in [0.05, 0.1) is 11.6 Å². The molecule has 5 aliphatic carbocycles. The second kappa shape index (κ2) is 13.1. The van der Waals surface area contributed by atoms with Gasteiger partial charge in [-0.3, -0.25) is 15.1 Å². The standard InChI is InChI=1S/C36H57N3O.ClH/c40-27-29(26-28-16-6-1-7-17-28)35-34(38(30-18-8-2-9-19-30)31-20-10-3-11-21-31)36(35,37-35)39(32-22-12-4-13-23-32)33-24-14-5-15-25-33;/h1,6-7,16-17,29-34,37,40H,2-5,8-15,18-27H2;1H/t29-,34?,35?,36?;/m1./s1. The molecule has 6 aliphatic rings. The fourth-order valence-corrected chi connectivity index (χ4v) is 10.6. The molecule has 4 nitrogen and oxygen atoms in total. The Morgan fingerprint density at radius 1 is 0.659 bits per heavy atom. The Hall–Kier alpha value is -0.650. The summed E-state index contributed by atoms with van der Waals surface area (Å²) in [4.78, 5) is 6.32. The van der Waals surface area contributed by atoms with Crippen LogP contribution in [0.25, 0.3) is 0 Å². The van der Waals surface area contributed by atoms with Gasteiger partial charge in [0.25, 0.3) is 0 Å². The molecule has 7 rings (SSSR count). The number of aliphatic hydroxyl groups excluding tert-OH is 1. The second-order valence-corrected chi connectivity index (χ2v) is 14.8. The monoisotopic (exact) mass is 583 g/mol. The van der Waals surface area contributed by atoms with Crippen molar-refractivity contribution < 1.29 is 5.11 Å². The van der Waals surface area contributed by atoms with Gasteiger partial charge in [0, 0.05) is 36.7 Å². The first-order chi connectivity index (χ1) is 19.8. The van der Waals surface area contributed by atoms with Gasteiger partial charge in [0.2, 0.25) is 0 Å². The lowest BCUT2D eigenvalue weighted by molar-refractivity contribution is -0.0145. The number of aliphatic hydroxyl groups is 1. The number of nitrogens with zero attached hydrogens (tertiary/aromatic N) is 2. The highest BCUT2D eigenvalue weighted by atomic mass is 35.5. The van der Waals surface area contributed by atoms with E-state index in [2.05, 4.69) is 45.4 Å². The Morgan fingerprint density at radius 3 is 1.54 bits per heavy atom. The minimum absolute atomic E-state index is 0. The third-order valence-electron chi connectivity index (χ3n) is 12.5. The predicted molar refractivity (Wildman–Crippen MR) is 172 cm³/mol. The first-order valence-electron chi connectivity index (χ1n) is 17.8. The minimum atomic E-state index is 0. The summed E-state index contributed by atoms with van der Waals surface area (Å²) < 4.78 is 0. The van der Waals surface area contributed by atoms with Crippen molar-refractivity contribution in [3.63, 3.8) is 0 Å². The van der Waals surface area contributed by atoms with Crippen LogP contribution in [0.2, 0.25) is 0 Å². The van der Waals surface area contributed by atoms with Crippen LogP contribution in [0, 0.1) is 5.92 Å². The SMILES string of the molecule is Cl.OC[C@@H](Cc1ccccc1)C12NC1(N(C1CCCCC1)C1CCCCC1)C2N(C1CCCCC1)C1CCCCC1. The van der Waals surface area contributed by atoms with Crippen LogP contribution in [0.3, 0.4) is 0 Å². The summed E-state index contributed by atoms with van der Waals surface area (Å²) in [6.45, 7) is 0.298. The van der Waals surface area contributed by atoms with Crippen molar-refractivity contribution in [2.24, 2.45) is 5.92 Å². The highest BCUT2D eigenvalue weighted by molar-refractivity contribution is 5.85. The lowest BCUT2D eigenvalue weighted by atomic mass is 9.86. The van der Waals surface area contributed by atoms with E-state index in [-0.39, 0.29) is 29.5 Å². The Bertz CT molecular complexity index is 917. The summed E-state index contributed by atoms with van der Waals surface area (Å²) in [5, 5.41) is 15.5. The van der Waals surface area contributed by atoms with Crippen LogP contribution in [0.5, 0.6) is 0 Å². The molecule has 0 radical (unpaired) electrons. The average Bonchev–Trinajstić information content (AvgIpc) is 3.87. The summed E-state index contributed by atoms with van der Waals surface area (Å²) in [7, 11) is 0. The van der Waals surface area contributed by atoms with Crippen molar-refractivity contribution in [2.75, 3.05) is 6.61 Å². The molecule has 0 aromatic heterocycles. The molecule has 230 valence electrons. The van der Waals surface area contributed by atoms with E-state index in [1.807, 2.05) is 0 Å². The van der Waals surface area contributed by atoms with E-state index in [1.165, 1.54) is 134 Å². The first kappa shape index (κ1) is 30.4. The normalized spacial score (nSPS) is 34.3. The largest absolute Gasteiger partial charge is 0.396 e. The maximum absolute atomic E-state index is 11.1. The molecule has 2 N–H and O–H groups in total. The number of fused-ring (bicyclic) bond motifs is 1. The minimum Gasteiger partial charge on any atom is -0.396 e. The molecule has 5 saturated carbocycles. The number of halogens is 1. The molecule has 0 bridgehead atoms. The Morgan fingerprint density at radius 2 is 1.10 bits per heavy atom. The summed E-state index contributed by atoms with van der Waals surface area (Å²) in [6.07, 6.45) is 29.1. The molecular weight excluding hydrogens is 526 g/mol. The highest BCUT2D eigenvalue weighted by Gasteiger charge is 2.97. The summed E-state index contributed by atoms with van der Waals surface area (Å²) in [6, 6.07) is 14.6. The average molecular weight is 584 g/mol. The fourth-order valence-electron chi connectivity index (χ4n) is 10.6. The number of hydrogen-bond donors (Lipinski definition) is 2. The van der Waals surface area contributed by atoms with E-state index in [9.17, 15) is 5.11 Å². The molecule has 3 unspecified atom stereocenters. The lowest BCUT2D eigenvalue weighted by Gasteiger charge is -2.49. The number of nitrogens with one attached hydrogen (secondary N) is 1. The van der Waals surface area contributed by atoms with Crippen molar-refractivity contribution in [2.45, 2.75) is 176 Å². The van der Waals surface area contributed by atoms with Gasteiger partial charge in [-0.1, -0.05) is 107 Å². The van der Waals surface area contributed by atoms with Crippen LogP contribution in [-0.4, -0.2) is 62.9 Å². The molecule has 4 atom stereocenters. The van der Waals surface area contributed by atoms with Crippen LogP contribution >= 0.6 is 12.4 Å². The molecular formula is C36H58ClN3O. The third kappa shape index (κ3) is 5.45. The maximum Gasteiger partial charge on any atom is 0.111 e. The van der Waals surface area contributed by atoms with Crippen molar-refractivity contribution in [3.05, 3.63) is 35.9 Å². The molecule has 0 amide bonds. The van der Waals surface area contributed by atoms with Gasteiger partial charge in [-0.2, -0.15) is 0 Å². The lowest BCUT2D eigenvalue weighted by Crippen LogP contribution is -2.61. The van der Waals surface area contributed by atoms with Gasteiger partial charge in [-0.25, -0.2) is 0 Å². The van der Waals surface area contributed by atoms with Crippen LogP contribution in [0.1, 0.15) is 134 Å². The first-order valence-corrected chi connectivity index (χ1v) is 17.8. The van der Waals surface area contributed by atoms with Crippen LogP contribution in [-0.2, 0) is 6.42 Å². The zero-order chi connectivity index (χ0) is 27.0. The van der Waals surface area contributed by atoms with E-state index in [0.29, 0.717) is 12.6 Å². The topological polar surface area (TPSA) is 48.7 Å². The van der Waals surface area contributed by atoms with Crippen LogP contribution in [0.4, 0.5) is 0 Å². The molecule has 1 aromatic rings. The van der Waals surface area contributed by atoms with E-state index in [4.69, 9.17) is 0 Å². The Kier molecular flexibility index (Phi) is 9.74. The van der Waals surface area contributed by atoms with E-state index in [0.717, 1.165) is 30.6 Å². The third-order valence-corrected chi connectivity index (χ3v) is 12.5. The molecule has 1 aromatic carbocycles. The molecule has 6 fully saturated rings. The zero-order valence-corrected chi connectivity index (χ0v) is 26.5. The van der Waals surface area contributed by atoms with E-state index >= 15 is 0 Å². The summed E-state index contributed by atoms with van der Waals surface area (Å²) >= 11 is 0. The highest BCUT2D eigenvalue weighted by Crippen LogP contribution is 2.73. The van der Waals surface area contributed by atoms with Gasteiger partial charge < -0.3 is 5.11 Å². The van der Waals surface area contributed by atoms with Crippen molar-refractivity contribution in [1.82, 2.24) is 15.1 Å². The number of benzene rings is 1.